The van der Waals surface area contributed by atoms with Crippen LogP contribution in [0.15, 0.2) is 41.8 Å². The fraction of sp³-hybridized carbons (Fsp3) is 0.385. The first kappa shape index (κ1) is 25.5. The predicted octanol–water partition coefficient (Wildman–Crippen LogP) is 3.31. The van der Waals surface area contributed by atoms with E-state index in [1.54, 1.807) is 4.90 Å². The number of nitrogens with zero attached hydrogens (tertiary/aromatic N) is 4. The van der Waals surface area contributed by atoms with Crippen molar-refractivity contribution in [2.75, 3.05) is 31.2 Å². The number of pyridine rings is 1. The number of rotatable bonds is 6. The van der Waals surface area contributed by atoms with Gasteiger partial charge in [-0.3, -0.25) is 14.6 Å². The first-order chi connectivity index (χ1) is 17.6. The highest BCUT2D eigenvalue weighted by molar-refractivity contribution is 7.88. The molecule has 9 nitrogen and oxygen atoms in total. The SMILES string of the molecule is Cc1cc(-c2cccc(-c3csc(NC(=O)[C@@H]4CCN4C(=O)[C@H]4CCN(S(C)(=O)=O)C4)n3)c2)cc(C)n1. The lowest BCUT2D eigenvalue weighted by molar-refractivity contribution is -0.148. The summed E-state index contributed by atoms with van der Waals surface area (Å²) in [6.45, 7) is 4.96. The maximum atomic E-state index is 13.0. The summed E-state index contributed by atoms with van der Waals surface area (Å²) in [5.74, 6) is -0.831. The zero-order chi connectivity index (χ0) is 26.3. The second-order valence-electron chi connectivity index (χ2n) is 9.69. The number of carbonyl (C=O) groups is 2. The molecule has 2 atom stereocenters. The second kappa shape index (κ2) is 9.96. The average molecular weight is 540 g/mol. The third kappa shape index (κ3) is 5.43. The van der Waals surface area contributed by atoms with Gasteiger partial charge in [0.05, 0.1) is 17.9 Å². The molecule has 194 valence electrons. The Kier molecular flexibility index (Phi) is 6.86. The van der Waals surface area contributed by atoms with E-state index in [0.29, 0.717) is 31.1 Å². The van der Waals surface area contributed by atoms with Crippen LogP contribution >= 0.6 is 11.3 Å². The van der Waals surface area contributed by atoms with Gasteiger partial charge in [0.2, 0.25) is 21.8 Å². The van der Waals surface area contributed by atoms with Gasteiger partial charge in [-0.25, -0.2) is 17.7 Å². The van der Waals surface area contributed by atoms with Crippen molar-refractivity contribution in [1.29, 1.82) is 0 Å². The van der Waals surface area contributed by atoms with E-state index in [2.05, 4.69) is 39.6 Å². The summed E-state index contributed by atoms with van der Waals surface area (Å²) >= 11 is 1.34. The maximum absolute atomic E-state index is 13.0. The van der Waals surface area contributed by atoms with E-state index in [1.165, 1.54) is 15.6 Å². The lowest BCUT2D eigenvalue weighted by Crippen LogP contribution is -2.58. The largest absolute Gasteiger partial charge is 0.330 e. The molecule has 2 aliphatic rings. The molecule has 4 heterocycles. The summed E-state index contributed by atoms with van der Waals surface area (Å²) in [5.41, 5.74) is 5.78. The lowest BCUT2D eigenvalue weighted by atomic mass is 9.97. The van der Waals surface area contributed by atoms with Gasteiger partial charge in [0.1, 0.15) is 6.04 Å². The Balaban J connectivity index is 1.24. The number of anilines is 1. The predicted molar refractivity (Wildman–Crippen MR) is 144 cm³/mol. The number of aromatic nitrogens is 2. The Labute approximate surface area is 220 Å². The molecule has 2 amide bonds. The molecule has 1 N–H and O–H groups in total. The molecule has 2 aliphatic heterocycles. The molecule has 2 aromatic heterocycles. The molecular formula is C26H29N5O4S2. The fourth-order valence-electron chi connectivity index (χ4n) is 4.90. The number of likely N-dealkylation sites (tertiary alicyclic amines) is 1. The fourth-order valence-corrected chi connectivity index (χ4v) is 6.51. The van der Waals surface area contributed by atoms with Gasteiger partial charge >= 0.3 is 0 Å². The first-order valence-electron chi connectivity index (χ1n) is 12.2. The molecular weight excluding hydrogens is 510 g/mol. The first-order valence-corrected chi connectivity index (χ1v) is 14.9. The van der Waals surface area contributed by atoms with Crippen LogP contribution in [0.25, 0.3) is 22.4 Å². The molecule has 5 rings (SSSR count). The van der Waals surface area contributed by atoms with Crippen molar-refractivity contribution in [2.24, 2.45) is 5.92 Å². The van der Waals surface area contributed by atoms with Crippen molar-refractivity contribution in [3.63, 3.8) is 0 Å². The zero-order valence-electron chi connectivity index (χ0n) is 21.0. The quantitative estimate of drug-likeness (QED) is 0.514. The van der Waals surface area contributed by atoms with Crippen LogP contribution in [0.2, 0.25) is 0 Å². The van der Waals surface area contributed by atoms with Crippen molar-refractivity contribution in [3.8, 4) is 22.4 Å². The molecule has 2 fully saturated rings. The number of carbonyl (C=O) groups excluding carboxylic acids is 2. The summed E-state index contributed by atoms with van der Waals surface area (Å²) in [4.78, 5) is 36.5. The summed E-state index contributed by atoms with van der Waals surface area (Å²) < 4.78 is 24.9. The van der Waals surface area contributed by atoms with E-state index in [-0.39, 0.29) is 18.4 Å². The van der Waals surface area contributed by atoms with Crippen molar-refractivity contribution < 1.29 is 18.0 Å². The lowest BCUT2D eigenvalue weighted by Gasteiger charge is -2.40. The normalized spacial score (nSPS) is 20.0. The van der Waals surface area contributed by atoms with Gasteiger partial charge < -0.3 is 10.2 Å². The van der Waals surface area contributed by atoms with Crippen LogP contribution in [0.5, 0.6) is 0 Å². The molecule has 0 unspecified atom stereocenters. The molecule has 11 heteroatoms. The Hall–Kier alpha value is -3.15. The highest BCUT2D eigenvalue weighted by atomic mass is 32.2. The van der Waals surface area contributed by atoms with Crippen LogP contribution in [0.3, 0.4) is 0 Å². The van der Waals surface area contributed by atoms with E-state index >= 15 is 0 Å². The van der Waals surface area contributed by atoms with E-state index in [1.807, 2.05) is 31.4 Å². The number of amides is 2. The van der Waals surface area contributed by atoms with Gasteiger partial charge in [0, 0.05) is 42.0 Å². The highest BCUT2D eigenvalue weighted by Gasteiger charge is 2.43. The molecule has 0 bridgehead atoms. The number of thiazole rings is 1. The van der Waals surface area contributed by atoms with Crippen molar-refractivity contribution in [2.45, 2.75) is 32.7 Å². The van der Waals surface area contributed by atoms with Crippen molar-refractivity contribution in [1.82, 2.24) is 19.2 Å². The number of nitrogens with one attached hydrogen (secondary N) is 1. The minimum Gasteiger partial charge on any atom is -0.330 e. The standard InChI is InChI=1S/C26H29N5O4S2/c1-16-11-21(12-17(2)27-16)18-5-4-6-19(13-18)22-15-36-26(28-22)29-24(32)23-8-10-31(23)25(33)20-7-9-30(14-20)37(3,34)35/h4-6,11-13,15,20,23H,7-10,14H2,1-3H3,(H,28,29,32)/t20-,23-/m0/s1. The van der Waals surface area contributed by atoms with E-state index < -0.39 is 22.0 Å². The average Bonchev–Trinajstić information content (AvgIpc) is 3.48. The monoisotopic (exact) mass is 539 g/mol. The minimum absolute atomic E-state index is 0.157. The van der Waals surface area contributed by atoms with Gasteiger partial charge in [-0.1, -0.05) is 18.2 Å². The molecule has 3 aromatic rings. The van der Waals surface area contributed by atoms with Gasteiger partial charge in [-0.2, -0.15) is 0 Å². The third-order valence-corrected chi connectivity index (χ3v) is 8.91. The van der Waals surface area contributed by atoms with Crippen LogP contribution in [0, 0.1) is 19.8 Å². The van der Waals surface area contributed by atoms with Crippen LogP contribution in [0.1, 0.15) is 24.2 Å². The Morgan fingerprint density at radius 2 is 1.73 bits per heavy atom. The molecule has 0 saturated carbocycles. The maximum Gasteiger partial charge on any atom is 0.249 e. The summed E-state index contributed by atoms with van der Waals surface area (Å²) in [5, 5.41) is 5.24. The van der Waals surface area contributed by atoms with Gasteiger partial charge in [0.25, 0.3) is 0 Å². The minimum atomic E-state index is -3.32. The molecule has 2 saturated heterocycles. The van der Waals surface area contributed by atoms with Gasteiger partial charge in [-0.15, -0.1) is 11.3 Å². The van der Waals surface area contributed by atoms with Crippen LogP contribution in [0.4, 0.5) is 5.13 Å². The number of aryl methyl sites for hydroxylation is 2. The molecule has 1 aromatic carbocycles. The van der Waals surface area contributed by atoms with E-state index in [4.69, 9.17) is 0 Å². The molecule has 0 aliphatic carbocycles. The summed E-state index contributed by atoms with van der Waals surface area (Å²) in [6, 6.07) is 11.6. The number of sulfonamides is 1. The van der Waals surface area contributed by atoms with Crippen molar-refractivity contribution >= 4 is 38.3 Å². The van der Waals surface area contributed by atoms with E-state index in [0.717, 1.165) is 40.0 Å². The number of hydrogen-bond donors (Lipinski definition) is 1. The summed E-state index contributed by atoms with van der Waals surface area (Å²) in [7, 11) is -3.32. The van der Waals surface area contributed by atoms with Crippen molar-refractivity contribution in [3.05, 3.63) is 53.2 Å². The molecule has 0 radical (unpaired) electrons. The van der Waals surface area contributed by atoms with Gasteiger partial charge in [-0.05, 0) is 56.0 Å². The van der Waals surface area contributed by atoms with Crippen LogP contribution in [-0.2, 0) is 19.6 Å². The topological polar surface area (TPSA) is 113 Å². The van der Waals surface area contributed by atoms with Gasteiger partial charge in [0.15, 0.2) is 5.13 Å². The number of benzene rings is 1. The molecule has 37 heavy (non-hydrogen) atoms. The second-order valence-corrected chi connectivity index (χ2v) is 12.5. The van der Waals surface area contributed by atoms with Crippen LogP contribution < -0.4 is 5.32 Å². The van der Waals surface area contributed by atoms with Crippen LogP contribution in [-0.4, -0.2) is 71.3 Å². The summed E-state index contributed by atoms with van der Waals surface area (Å²) in [6.07, 6.45) is 2.20. The highest BCUT2D eigenvalue weighted by Crippen LogP contribution is 2.31. The third-order valence-electron chi connectivity index (χ3n) is 6.88. The Bertz CT molecular complexity index is 1450. The molecule has 0 spiro atoms. The Morgan fingerprint density at radius 3 is 2.38 bits per heavy atom. The van der Waals surface area contributed by atoms with E-state index in [9.17, 15) is 18.0 Å². The smallest absolute Gasteiger partial charge is 0.249 e. The zero-order valence-corrected chi connectivity index (χ0v) is 22.6. The Morgan fingerprint density at radius 1 is 1.00 bits per heavy atom. The number of hydrogen-bond acceptors (Lipinski definition) is 7.